The molecule has 1 aliphatic rings. The van der Waals surface area contributed by atoms with Crippen LogP contribution >= 0.6 is 22.9 Å². The fraction of sp³-hybridized carbons (Fsp3) is 0.423. The number of aromatic nitrogens is 2. The molecule has 3 N–H and O–H groups in total. The average Bonchev–Trinajstić information content (AvgIpc) is 3.23. The van der Waals surface area contributed by atoms with E-state index in [-0.39, 0.29) is 17.0 Å². The van der Waals surface area contributed by atoms with Crippen LogP contribution in [0.25, 0.3) is 10.2 Å². The number of hydrogen-bond donors (Lipinski definition) is 3. The Kier molecular flexibility index (Phi) is 8.76. The summed E-state index contributed by atoms with van der Waals surface area (Å²) in [6.07, 6.45) is 4.39. The average molecular weight is 548 g/mol. The lowest BCUT2D eigenvalue weighted by atomic mass is 10.0. The van der Waals surface area contributed by atoms with Crippen LogP contribution in [0.4, 0.5) is 15.9 Å². The summed E-state index contributed by atoms with van der Waals surface area (Å²) < 4.78 is 13.6. The molecule has 3 heterocycles. The molecule has 0 saturated carbocycles. The molecule has 3 unspecified atom stereocenters. The van der Waals surface area contributed by atoms with E-state index in [1.807, 2.05) is 11.8 Å². The lowest BCUT2D eigenvalue weighted by Crippen LogP contribution is -2.43. The maximum absolute atomic E-state index is 13.6. The first-order valence-corrected chi connectivity index (χ1v) is 13.4. The summed E-state index contributed by atoms with van der Waals surface area (Å²) in [6, 6.07) is 4.27. The quantitative estimate of drug-likeness (QED) is 0.346. The number of benzene rings is 1. The van der Waals surface area contributed by atoms with Crippen LogP contribution in [0.2, 0.25) is 5.02 Å². The second-order valence-electron chi connectivity index (χ2n) is 9.36. The molecule has 3 atom stereocenters. The van der Waals surface area contributed by atoms with Crippen molar-refractivity contribution in [3.8, 4) is 0 Å². The summed E-state index contributed by atoms with van der Waals surface area (Å²) in [4.78, 5) is 27.4. The van der Waals surface area contributed by atoms with E-state index in [1.54, 1.807) is 37.0 Å². The second-order valence-corrected chi connectivity index (χ2v) is 10.8. The molecule has 198 valence electrons. The minimum atomic E-state index is -0.557. The van der Waals surface area contributed by atoms with Crippen molar-refractivity contribution in [2.75, 3.05) is 25.0 Å². The van der Waals surface area contributed by atoms with Crippen molar-refractivity contribution in [2.24, 2.45) is 0 Å². The topological polar surface area (TPSA) is 102 Å². The van der Waals surface area contributed by atoms with Gasteiger partial charge in [0.2, 0.25) is 5.91 Å². The summed E-state index contributed by atoms with van der Waals surface area (Å²) in [5, 5.41) is 23.9. The zero-order valence-corrected chi connectivity index (χ0v) is 22.6. The molecular weight excluding hydrogens is 517 g/mol. The van der Waals surface area contributed by atoms with E-state index in [0.717, 1.165) is 20.7 Å². The van der Waals surface area contributed by atoms with Crippen LogP contribution in [0.15, 0.2) is 36.7 Å². The number of fused-ring (bicyclic) bond motifs is 3. The molecule has 4 rings (SSSR count). The summed E-state index contributed by atoms with van der Waals surface area (Å²) in [6.45, 7) is 7.19. The molecule has 0 aliphatic carbocycles. The van der Waals surface area contributed by atoms with Gasteiger partial charge in [0, 0.05) is 42.3 Å². The number of thiophene rings is 1. The third-order valence-electron chi connectivity index (χ3n) is 6.50. The Labute approximate surface area is 224 Å². The number of nitrogens with zero attached hydrogens (tertiary/aromatic N) is 4. The highest BCUT2D eigenvalue weighted by molar-refractivity contribution is 7.19. The number of hydrogen-bond acceptors (Lipinski definition) is 8. The third kappa shape index (κ3) is 6.45. The molecule has 11 heteroatoms. The number of nitrogens with one attached hydrogen (secondary N) is 1. The Hall–Kier alpha value is -2.63. The predicted molar refractivity (Wildman–Crippen MR) is 145 cm³/mol. The van der Waals surface area contributed by atoms with Crippen LogP contribution in [0.5, 0.6) is 0 Å². The van der Waals surface area contributed by atoms with Gasteiger partial charge < -0.3 is 20.4 Å². The summed E-state index contributed by atoms with van der Waals surface area (Å²) in [5.41, 5.74) is 1.73. The van der Waals surface area contributed by atoms with Gasteiger partial charge in [0.15, 0.2) is 0 Å². The highest BCUT2D eigenvalue weighted by atomic mass is 35.5. The van der Waals surface area contributed by atoms with Gasteiger partial charge in [-0.25, -0.2) is 14.4 Å². The number of carbonyl (C=O) groups is 1. The monoisotopic (exact) mass is 547 g/mol. The second kappa shape index (κ2) is 11.8. The Morgan fingerprint density at radius 2 is 2.11 bits per heavy atom. The fourth-order valence-electron chi connectivity index (χ4n) is 4.37. The summed E-state index contributed by atoms with van der Waals surface area (Å²) in [7, 11) is 0. The van der Waals surface area contributed by atoms with Gasteiger partial charge in [0.05, 0.1) is 29.2 Å². The van der Waals surface area contributed by atoms with Gasteiger partial charge in [-0.1, -0.05) is 17.7 Å². The maximum Gasteiger partial charge on any atom is 0.246 e. The zero-order chi connectivity index (χ0) is 26.7. The van der Waals surface area contributed by atoms with E-state index in [1.165, 1.54) is 29.8 Å². The standard InChI is InChI=1S/C26H31ClFN5O3S/c1-15(34)12-32(16(2)17(3)35)9-4-5-23(36)33-10-8-19-22(13-33)37-26-24(19)25(29-14-30-26)31-18-6-7-21(28)20(27)11-18/h4-7,11,14-17,34-35H,8-10,12-13H2,1-3H3,(H,29,30,31). The summed E-state index contributed by atoms with van der Waals surface area (Å²) in [5.74, 6) is 0.0466. The first-order chi connectivity index (χ1) is 17.6. The van der Waals surface area contributed by atoms with Gasteiger partial charge in [-0.2, -0.15) is 0 Å². The van der Waals surface area contributed by atoms with Crippen LogP contribution in [-0.4, -0.2) is 73.8 Å². The molecule has 8 nitrogen and oxygen atoms in total. The Bertz CT molecular complexity index is 1300. The van der Waals surface area contributed by atoms with Gasteiger partial charge in [0.25, 0.3) is 0 Å². The molecular formula is C26H31ClFN5O3S. The molecule has 1 amide bonds. The van der Waals surface area contributed by atoms with Crippen molar-refractivity contribution in [1.82, 2.24) is 19.8 Å². The van der Waals surface area contributed by atoms with Crippen molar-refractivity contribution in [1.29, 1.82) is 0 Å². The van der Waals surface area contributed by atoms with Crippen LogP contribution < -0.4 is 5.32 Å². The molecule has 0 fully saturated rings. The van der Waals surface area contributed by atoms with E-state index >= 15 is 0 Å². The molecule has 0 radical (unpaired) electrons. The van der Waals surface area contributed by atoms with E-state index < -0.39 is 18.0 Å². The number of rotatable bonds is 9. The van der Waals surface area contributed by atoms with Crippen molar-refractivity contribution in [2.45, 2.75) is 52.0 Å². The minimum absolute atomic E-state index is 0.0270. The van der Waals surface area contributed by atoms with Crippen molar-refractivity contribution >= 4 is 50.6 Å². The smallest absolute Gasteiger partial charge is 0.246 e. The molecule has 2 aromatic heterocycles. The van der Waals surface area contributed by atoms with Crippen LogP contribution in [0.1, 0.15) is 31.2 Å². The lowest BCUT2D eigenvalue weighted by Gasteiger charge is -2.31. The van der Waals surface area contributed by atoms with Crippen LogP contribution in [0.3, 0.4) is 0 Å². The maximum atomic E-state index is 13.6. The number of anilines is 2. The SMILES string of the molecule is CC(O)CN(CC=CC(=O)N1CCc2c(sc3ncnc(Nc4ccc(F)c(Cl)c4)c23)C1)C(C)C(C)O. The molecule has 3 aromatic rings. The molecule has 1 aliphatic heterocycles. The van der Waals surface area contributed by atoms with E-state index in [0.29, 0.717) is 44.1 Å². The van der Waals surface area contributed by atoms with Crippen molar-refractivity contribution < 1.29 is 19.4 Å². The minimum Gasteiger partial charge on any atom is -0.392 e. The third-order valence-corrected chi connectivity index (χ3v) is 7.92. The number of amides is 1. The van der Waals surface area contributed by atoms with Crippen LogP contribution in [0, 0.1) is 5.82 Å². The van der Waals surface area contributed by atoms with Gasteiger partial charge in [-0.15, -0.1) is 11.3 Å². The van der Waals surface area contributed by atoms with E-state index in [4.69, 9.17) is 11.6 Å². The summed E-state index contributed by atoms with van der Waals surface area (Å²) >= 11 is 7.46. The molecule has 0 spiro atoms. The van der Waals surface area contributed by atoms with Crippen LogP contribution in [-0.2, 0) is 17.8 Å². The van der Waals surface area contributed by atoms with E-state index in [2.05, 4.69) is 15.3 Å². The highest BCUT2D eigenvalue weighted by Gasteiger charge is 2.26. The number of aliphatic hydroxyl groups is 2. The predicted octanol–water partition coefficient (Wildman–Crippen LogP) is 4.12. The highest BCUT2D eigenvalue weighted by Crippen LogP contribution is 2.38. The normalized spacial score (nSPS) is 16.3. The van der Waals surface area contributed by atoms with Crippen molar-refractivity contribution in [3.05, 3.63) is 58.0 Å². The molecule has 0 saturated heterocycles. The Morgan fingerprint density at radius 3 is 2.81 bits per heavy atom. The number of halogens is 2. The van der Waals surface area contributed by atoms with Gasteiger partial charge in [-0.3, -0.25) is 9.69 Å². The fourth-order valence-corrected chi connectivity index (χ4v) is 5.75. The van der Waals surface area contributed by atoms with Crippen molar-refractivity contribution in [3.63, 3.8) is 0 Å². The lowest BCUT2D eigenvalue weighted by molar-refractivity contribution is -0.126. The van der Waals surface area contributed by atoms with Gasteiger partial charge in [0.1, 0.15) is 22.8 Å². The Balaban J connectivity index is 1.47. The van der Waals surface area contributed by atoms with Gasteiger partial charge in [-0.05, 0) is 51.0 Å². The first-order valence-electron chi connectivity index (χ1n) is 12.2. The first kappa shape index (κ1) is 27.4. The Morgan fingerprint density at radius 1 is 1.32 bits per heavy atom. The molecule has 1 aromatic carbocycles. The van der Waals surface area contributed by atoms with Gasteiger partial charge >= 0.3 is 0 Å². The number of aliphatic hydroxyl groups excluding tert-OH is 2. The zero-order valence-electron chi connectivity index (χ0n) is 21.0. The number of carbonyl (C=O) groups excluding carboxylic acids is 1. The largest absolute Gasteiger partial charge is 0.392 e. The van der Waals surface area contributed by atoms with E-state index in [9.17, 15) is 19.4 Å². The molecule has 37 heavy (non-hydrogen) atoms. The molecule has 0 bridgehead atoms.